The zero-order valence-corrected chi connectivity index (χ0v) is 17.9. The molecule has 1 amide bonds. The summed E-state index contributed by atoms with van der Waals surface area (Å²) in [6, 6.07) is 12.7. The lowest BCUT2D eigenvalue weighted by atomic mass is 10.1. The van der Waals surface area contributed by atoms with Crippen molar-refractivity contribution in [1.82, 2.24) is 0 Å². The fourth-order valence-corrected chi connectivity index (χ4v) is 6.75. The first kappa shape index (κ1) is 19.8. The largest absolute Gasteiger partial charge is 0.491 e. The molecule has 0 bridgehead atoms. The number of carbonyl (C=O) groups is 1. The Morgan fingerprint density at radius 1 is 1.14 bits per heavy atom. The second-order valence-electron chi connectivity index (χ2n) is 8.21. The normalized spacial score (nSPS) is 24.3. The molecule has 0 unspecified atom stereocenters. The number of rotatable bonds is 5. The van der Waals surface area contributed by atoms with E-state index in [0.29, 0.717) is 30.1 Å². The summed E-state index contributed by atoms with van der Waals surface area (Å²) >= 11 is 0. The quantitative estimate of drug-likeness (QED) is 0.811. The van der Waals surface area contributed by atoms with Crippen molar-refractivity contribution in [2.45, 2.75) is 45.0 Å². The predicted octanol–water partition coefficient (Wildman–Crippen LogP) is 3.64. The maximum absolute atomic E-state index is 13.4. The Balaban J connectivity index is 1.57. The maximum Gasteiger partial charge on any atom is 0.250 e. The molecule has 1 heterocycles. The van der Waals surface area contributed by atoms with Crippen LogP contribution in [0, 0.1) is 19.8 Å². The highest BCUT2D eigenvalue weighted by Crippen LogP contribution is 2.59. The van der Waals surface area contributed by atoms with Gasteiger partial charge in [-0.05, 0) is 69.5 Å². The van der Waals surface area contributed by atoms with E-state index < -0.39 is 20.7 Å². The van der Waals surface area contributed by atoms with Crippen molar-refractivity contribution >= 4 is 27.3 Å². The van der Waals surface area contributed by atoms with Crippen molar-refractivity contribution in [3.05, 3.63) is 53.6 Å². The van der Waals surface area contributed by atoms with Gasteiger partial charge < -0.3 is 10.1 Å². The first-order valence-electron chi connectivity index (χ1n) is 9.83. The molecule has 2 fully saturated rings. The molecule has 1 saturated heterocycles. The summed E-state index contributed by atoms with van der Waals surface area (Å²) in [7, 11) is -3.80. The number of para-hydroxylation sites is 1. The van der Waals surface area contributed by atoms with Crippen LogP contribution in [0.25, 0.3) is 0 Å². The van der Waals surface area contributed by atoms with Gasteiger partial charge in [-0.2, -0.15) is 0 Å². The molecule has 0 radical (unpaired) electrons. The number of sulfonamides is 1. The highest BCUT2D eigenvalue weighted by atomic mass is 32.2. The molecule has 6 nitrogen and oxygen atoms in total. The SMILES string of the molecule is Cc1cccc(C)c1N1C[C@H]2C[C@]2(C(=O)Nc2ccc(OC(C)C)cc2)S1(=O)=O. The standard InChI is InChI=1S/C22H26N2O4S/c1-14(2)28-19-10-8-18(9-11-19)23-21(25)22-12-17(22)13-24(29(22,26)27)20-15(3)6-5-7-16(20)4/h5-11,14,17H,12-13H2,1-4H3,(H,23,25)/t17-,22+/m1/s1. The van der Waals surface area contributed by atoms with Gasteiger partial charge in [-0.15, -0.1) is 0 Å². The second kappa shape index (κ2) is 6.76. The van der Waals surface area contributed by atoms with Crippen LogP contribution in [-0.2, 0) is 14.8 Å². The van der Waals surface area contributed by atoms with E-state index in [1.54, 1.807) is 24.3 Å². The van der Waals surface area contributed by atoms with Crippen molar-refractivity contribution in [1.29, 1.82) is 0 Å². The summed E-state index contributed by atoms with van der Waals surface area (Å²) in [6.45, 7) is 8.02. The fourth-order valence-electron chi connectivity index (χ4n) is 4.26. The van der Waals surface area contributed by atoms with E-state index in [1.807, 2.05) is 45.9 Å². The number of benzene rings is 2. The minimum Gasteiger partial charge on any atom is -0.491 e. The van der Waals surface area contributed by atoms with Crippen LogP contribution in [0.15, 0.2) is 42.5 Å². The molecule has 2 aromatic carbocycles. The summed E-state index contributed by atoms with van der Waals surface area (Å²) < 4.78 is 32.5. The van der Waals surface area contributed by atoms with Crippen molar-refractivity contribution in [3.63, 3.8) is 0 Å². The number of aryl methyl sites for hydroxylation is 2. The predicted molar refractivity (Wildman–Crippen MR) is 114 cm³/mol. The zero-order chi connectivity index (χ0) is 21.0. The molecule has 1 aliphatic carbocycles. The Hall–Kier alpha value is -2.54. The molecule has 2 aromatic rings. The van der Waals surface area contributed by atoms with Gasteiger partial charge in [-0.3, -0.25) is 9.10 Å². The Kier molecular flexibility index (Phi) is 4.61. The maximum atomic E-state index is 13.4. The van der Waals surface area contributed by atoms with Crippen LogP contribution in [0.2, 0.25) is 0 Å². The number of fused-ring (bicyclic) bond motifs is 1. The van der Waals surface area contributed by atoms with Gasteiger partial charge in [0.25, 0.3) is 0 Å². The van der Waals surface area contributed by atoms with Crippen LogP contribution in [-0.4, -0.2) is 31.7 Å². The van der Waals surface area contributed by atoms with Gasteiger partial charge in [0.2, 0.25) is 15.9 Å². The lowest BCUT2D eigenvalue weighted by molar-refractivity contribution is -0.116. The summed E-state index contributed by atoms with van der Waals surface area (Å²) in [5.41, 5.74) is 3.05. The van der Waals surface area contributed by atoms with E-state index >= 15 is 0 Å². The molecule has 1 saturated carbocycles. The summed E-state index contributed by atoms with van der Waals surface area (Å²) in [4.78, 5) is 13.1. The fraction of sp³-hybridized carbons (Fsp3) is 0.409. The molecule has 7 heteroatoms. The first-order chi connectivity index (χ1) is 13.7. The highest BCUT2D eigenvalue weighted by Gasteiger charge is 2.75. The van der Waals surface area contributed by atoms with E-state index in [9.17, 15) is 13.2 Å². The van der Waals surface area contributed by atoms with E-state index in [-0.39, 0.29) is 12.0 Å². The van der Waals surface area contributed by atoms with Crippen LogP contribution >= 0.6 is 0 Å². The Morgan fingerprint density at radius 3 is 2.34 bits per heavy atom. The van der Waals surface area contributed by atoms with E-state index in [2.05, 4.69) is 5.32 Å². The van der Waals surface area contributed by atoms with Crippen LogP contribution in [0.1, 0.15) is 31.4 Å². The molecule has 0 spiro atoms. The molecular formula is C22H26N2O4S. The number of nitrogens with zero attached hydrogens (tertiary/aromatic N) is 1. The zero-order valence-electron chi connectivity index (χ0n) is 17.1. The van der Waals surface area contributed by atoms with Gasteiger partial charge in [-0.1, -0.05) is 18.2 Å². The molecule has 4 rings (SSSR count). The molecule has 1 aliphatic heterocycles. The first-order valence-corrected chi connectivity index (χ1v) is 11.3. The van der Waals surface area contributed by atoms with Crippen molar-refractivity contribution in [2.75, 3.05) is 16.2 Å². The molecule has 29 heavy (non-hydrogen) atoms. The lowest BCUT2D eigenvalue weighted by Crippen LogP contribution is -2.42. The van der Waals surface area contributed by atoms with E-state index in [1.165, 1.54) is 4.31 Å². The van der Waals surface area contributed by atoms with Crippen molar-refractivity contribution < 1.29 is 17.9 Å². The smallest absolute Gasteiger partial charge is 0.250 e. The van der Waals surface area contributed by atoms with Crippen LogP contribution in [0.4, 0.5) is 11.4 Å². The van der Waals surface area contributed by atoms with Crippen molar-refractivity contribution in [2.24, 2.45) is 5.92 Å². The Morgan fingerprint density at radius 2 is 1.76 bits per heavy atom. The van der Waals surface area contributed by atoms with Gasteiger partial charge in [0.05, 0.1) is 11.8 Å². The Bertz CT molecular complexity index is 1040. The third kappa shape index (κ3) is 3.08. The van der Waals surface area contributed by atoms with E-state index in [0.717, 1.165) is 11.1 Å². The monoisotopic (exact) mass is 414 g/mol. The second-order valence-corrected chi connectivity index (χ2v) is 10.3. The van der Waals surface area contributed by atoms with Gasteiger partial charge in [0.1, 0.15) is 5.75 Å². The number of ether oxygens (including phenoxy) is 1. The average molecular weight is 415 g/mol. The summed E-state index contributed by atoms with van der Waals surface area (Å²) in [5, 5.41) is 2.80. The summed E-state index contributed by atoms with van der Waals surface area (Å²) in [6.07, 6.45) is 0.429. The number of hydrogen-bond donors (Lipinski definition) is 1. The molecule has 2 aliphatic rings. The minimum absolute atomic E-state index is 0.0565. The lowest BCUT2D eigenvalue weighted by Gasteiger charge is -2.26. The van der Waals surface area contributed by atoms with Crippen LogP contribution in [0.5, 0.6) is 5.75 Å². The van der Waals surface area contributed by atoms with Gasteiger partial charge >= 0.3 is 0 Å². The van der Waals surface area contributed by atoms with Crippen LogP contribution < -0.4 is 14.4 Å². The average Bonchev–Trinajstić information content (AvgIpc) is 3.33. The number of nitrogens with one attached hydrogen (secondary N) is 1. The van der Waals surface area contributed by atoms with Gasteiger partial charge in [0.15, 0.2) is 4.75 Å². The Labute approximate surface area is 171 Å². The topological polar surface area (TPSA) is 75.7 Å². The van der Waals surface area contributed by atoms with Crippen molar-refractivity contribution in [3.8, 4) is 5.75 Å². The third-order valence-electron chi connectivity index (χ3n) is 5.74. The molecular weight excluding hydrogens is 388 g/mol. The number of carbonyl (C=O) groups excluding carboxylic acids is 1. The van der Waals surface area contributed by atoms with Crippen LogP contribution in [0.3, 0.4) is 0 Å². The third-order valence-corrected chi connectivity index (χ3v) is 8.26. The highest BCUT2D eigenvalue weighted by molar-refractivity contribution is 7.95. The molecule has 2 atom stereocenters. The molecule has 1 N–H and O–H groups in total. The number of amides is 1. The van der Waals surface area contributed by atoms with E-state index in [4.69, 9.17) is 4.74 Å². The molecule has 154 valence electrons. The number of hydrogen-bond acceptors (Lipinski definition) is 4. The number of anilines is 2. The summed E-state index contributed by atoms with van der Waals surface area (Å²) in [5.74, 6) is 0.0685. The van der Waals surface area contributed by atoms with Gasteiger partial charge in [-0.25, -0.2) is 8.42 Å². The minimum atomic E-state index is -3.80. The molecule has 0 aromatic heterocycles. The van der Waals surface area contributed by atoms with Gasteiger partial charge in [0, 0.05) is 18.2 Å².